The zero-order chi connectivity index (χ0) is 19.8. The third-order valence-corrected chi connectivity index (χ3v) is 6.70. The third kappa shape index (κ3) is 3.52. The van der Waals surface area contributed by atoms with Crippen LogP contribution in [-0.2, 0) is 31.4 Å². The van der Waals surface area contributed by atoms with Crippen molar-refractivity contribution in [1.29, 1.82) is 0 Å². The molecular weight excluding hydrogens is 376 g/mol. The second-order valence-electron chi connectivity index (χ2n) is 7.60. The van der Waals surface area contributed by atoms with Gasteiger partial charge in [-0.25, -0.2) is 8.42 Å². The minimum atomic E-state index is -3.38. The lowest BCUT2D eigenvalue weighted by atomic mass is 9.80. The number of carbonyl (C=O) groups is 1. The van der Waals surface area contributed by atoms with Gasteiger partial charge in [-0.15, -0.1) is 0 Å². The molecule has 0 aliphatic carbocycles. The van der Waals surface area contributed by atoms with E-state index >= 15 is 0 Å². The average Bonchev–Trinajstić information content (AvgIpc) is 3.26. The fourth-order valence-corrected chi connectivity index (χ4v) is 5.17. The molecule has 28 heavy (non-hydrogen) atoms. The predicted octanol–water partition coefficient (Wildman–Crippen LogP) is 1.85. The summed E-state index contributed by atoms with van der Waals surface area (Å²) in [5.41, 5.74) is 2.33. The minimum absolute atomic E-state index is 0.136. The molecule has 2 heterocycles. The molecule has 1 N–H and O–H groups in total. The van der Waals surface area contributed by atoms with E-state index in [0.29, 0.717) is 31.8 Å². The summed E-state index contributed by atoms with van der Waals surface area (Å²) in [6.45, 7) is 1.20. The van der Waals surface area contributed by atoms with Crippen molar-refractivity contribution in [3.8, 4) is 0 Å². The Hall–Kier alpha value is -2.38. The van der Waals surface area contributed by atoms with Gasteiger partial charge in [0, 0.05) is 18.5 Å². The van der Waals surface area contributed by atoms with Crippen LogP contribution in [0.1, 0.15) is 17.5 Å². The van der Waals surface area contributed by atoms with Crippen LogP contribution in [-0.4, -0.2) is 46.4 Å². The molecule has 1 spiro atoms. The van der Waals surface area contributed by atoms with Gasteiger partial charge in [0.15, 0.2) is 0 Å². The number of fused-ring (bicyclic) bond motifs is 2. The van der Waals surface area contributed by atoms with Crippen molar-refractivity contribution in [2.75, 3.05) is 30.3 Å². The van der Waals surface area contributed by atoms with Gasteiger partial charge in [0.2, 0.25) is 15.9 Å². The SMILES string of the molecule is CS(=O)(=O)N1CC2(COC(C(=O)NCCc3ccccc3)C2)c2ccccc21. The molecular formula is C21H24N2O4S. The lowest BCUT2D eigenvalue weighted by Crippen LogP contribution is -2.39. The number of hydrogen-bond donors (Lipinski definition) is 1. The highest BCUT2D eigenvalue weighted by Gasteiger charge is 2.52. The number of ether oxygens (including phenoxy) is 1. The maximum Gasteiger partial charge on any atom is 0.249 e. The van der Waals surface area contributed by atoms with Gasteiger partial charge in [-0.3, -0.25) is 9.10 Å². The Morgan fingerprint density at radius 1 is 1.18 bits per heavy atom. The van der Waals surface area contributed by atoms with Crippen molar-refractivity contribution in [3.63, 3.8) is 0 Å². The lowest BCUT2D eigenvalue weighted by Gasteiger charge is -2.23. The zero-order valence-electron chi connectivity index (χ0n) is 15.8. The molecule has 0 bridgehead atoms. The van der Waals surface area contributed by atoms with Crippen LogP contribution in [0.15, 0.2) is 54.6 Å². The Bertz CT molecular complexity index is 977. The maximum absolute atomic E-state index is 12.6. The first-order chi connectivity index (χ1) is 13.4. The molecule has 148 valence electrons. The second-order valence-corrected chi connectivity index (χ2v) is 9.50. The molecule has 1 saturated heterocycles. The average molecular weight is 401 g/mol. The molecule has 0 radical (unpaired) electrons. The first-order valence-corrected chi connectivity index (χ1v) is 11.2. The summed E-state index contributed by atoms with van der Waals surface area (Å²) in [4.78, 5) is 12.6. The number of nitrogens with zero attached hydrogens (tertiary/aromatic N) is 1. The number of carbonyl (C=O) groups excluding carboxylic acids is 1. The van der Waals surface area contributed by atoms with Gasteiger partial charge < -0.3 is 10.1 Å². The molecule has 1 amide bonds. The molecule has 2 aromatic rings. The molecule has 2 aliphatic rings. The van der Waals surface area contributed by atoms with E-state index in [2.05, 4.69) is 5.32 Å². The van der Waals surface area contributed by atoms with Crippen LogP contribution < -0.4 is 9.62 Å². The number of anilines is 1. The van der Waals surface area contributed by atoms with Crippen LogP contribution in [0.4, 0.5) is 5.69 Å². The van der Waals surface area contributed by atoms with E-state index in [0.717, 1.165) is 12.0 Å². The van der Waals surface area contributed by atoms with Gasteiger partial charge in [0.1, 0.15) is 6.10 Å². The molecule has 0 saturated carbocycles. The number of sulfonamides is 1. The second kappa shape index (κ2) is 7.22. The van der Waals surface area contributed by atoms with E-state index in [9.17, 15) is 13.2 Å². The molecule has 4 rings (SSSR count). The van der Waals surface area contributed by atoms with Crippen molar-refractivity contribution in [2.24, 2.45) is 0 Å². The van der Waals surface area contributed by atoms with Gasteiger partial charge in [-0.1, -0.05) is 48.5 Å². The van der Waals surface area contributed by atoms with E-state index in [1.165, 1.54) is 16.1 Å². The Labute approximate surface area is 165 Å². The summed E-state index contributed by atoms with van der Waals surface area (Å²) in [6, 6.07) is 17.5. The van der Waals surface area contributed by atoms with Crippen LogP contribution in [0, 0.1) is 0 Å². The van der Waals surface area contributed by atoms with E-state index in [1.54, 1.807) is 0 Å². The predicted molar refractivity (Wildman–Crippen MR) is 108 cm³/mol. The van der Waals surface area contributed by atoms with Crippen molar-refractivity contribution in [1.82, 2.24) is 5.32 Å². The van der Waals surface area contributed by atoms with Gasteiger partial charge in [-0.2, -0.15) is 0 Å². The van der Waals surface area contributed by atoms with Crippen molar-refractivity contribution in [3.05, 3.63) is 65.7 Å². The summed E-state index contributed by atoms with van der Waals surface area (Å²) < 4.78 is 31.7. The molecule has 2 aliphatic heterocycles. The fourth-order valence-electron chi connectivity index (χ4n) is 4.17. The van der Waals surface area contributed by atoms with Gasteiger partial charge in [0.05, 0.1) is 18.6 Å². The van der Waals surface area contributed by atoms with Gasteiger partial charge in [-0.05, 0) is 30.0 Å². The lowest BCUT2D eigenvalue weighted by molar-refractivity contribution is -0.129. The van der Waals surface area contributed by atoms with E-state index in [-0.39, 0.29) is 5.91 Å². The van der Waals surface area contributed by atoms with Crippen LogP contribution in [0.5, 0.6) is 0 Å². The van der Waals surface area contributed by atoms with E-state index in [4.69, 9.17) is 4.74 Å². The normalized spacial score (nSPS) is 23.8. The van der Waals surface area contributed by atoms with Gasteiger partial charge >= 0.3 is 0 Å². The standard InChI is InChI=1S/C21H24N2O4S/c1-28(25,26)23-14-21(17-9-5-6-10-18(17)23)13-19(27-15-21)20(24)22-12-11-16-7-3-2-4-8-16/h2-10,19H,11-15H2,1H3,(H,22,24). The number of hydrogen-bond acceptors (Lipinski definition) is 4. The minimum Gasteiger partial charge on any atom is -0.367 e. The Morgan fingerprint density at radius 2 is 1.89 bits per heavy atom. The smallest absolute Gasteiger partial charge is 0.249 e. The molecule has 2 aromatic carbocycles. The highest BCUT2D eigenvalue weighted by Crippen LogP contribution is 2.48. The largest absolute Gasteiger partial charge is 0.367 e. The molecule has 2 unspecified atom stereocenters. The monoisotopic (exact) mass is 400 g/mol. The Balaban J connectivity index is 1.44. The molecule has 1 fully saturated rings. The van der Waals surface area contributed by atoms with Crippen LogP contribution in [0.2, 0.25) is 0 Å². The number of nitrogens with one attached hydrogen (secondary N) is 1. The van der Waals surface area contributed by atoms with Crippen molar-refractivity contribution < 1.29 is 17.9 Å². The first-order valence-electron chi connectivity index (χ1n) is 9.40. The third-order valence-electron chi connectivity index (χ3n) is 5.58. The molecule has 7 heteroatoms. The summed E-state index contributed by atoms with van der Waals surface area (Å²) in [6.07, 6.45) is 1.89. The summed E-state index contributed by atoms with van der Waals surface area (Å²) in [7, 11) is -3.38. The van der Waals surface area contributed by atoms with Crippen molar-refractivity contribution in [2.45, 2.75) is 24.4 Å². The number of rotatable bonds is 5. The highest BCUT2D eigenvalue weighted by molar-refractivity contribution is 7.92. The summed E-state index contributed by atoms with van der Waals surface area (Å²) in [5.74, 6) is -0.136. The highest BCUT2D eigenvalue weighted by atomic mass is 32.2. The maximum atomic E-state index is 12.6. The fraction of sp³-hybridized carbons (Fsp3) is 0.381. The quantitative estimate of drug-likeness (QED) is 0.831. The Kier molecular flexibility index (Phi) is 4.89. The summed E-state index contributed by atoms with van der Waals surface area (Å²) >= 11 is 0. The Morgan fingerprint density at radius 3 is 2.64 bits per heavy atom. The molecule has 6 nitrogen and oxygen atoms in total. The van der Waals surface area contributed by atoms with E-state index < -0.39 is 21.5 Å². The molecule has 0 aromatic heterocycles. The van der Waals surface area contributed by atoms with Crippen LogP contribution >= 0.6 is 0 Å². The summed E-state index contributed by atoms with van der Waals surface area (Å²) in [5, 5.41) is 2.95. The molecule has 2 atom stereocenters. The first kappa shape index (κ1) is 19.0. The number of amides is 1. The number of para-hydroxylation sites is 1. The van der Waals surface area contributed by atoms with Gasteiger partial charge in [0.25, 0.3) is 0 Å². The topological polar surface area (TPSA) is 75.7 Å². The van der Waals surface area contributed by atoms with Crippen LogP contribution in [0.25, 0.3) is 0 Å². The zero-order valence-corrected chi connectivity index (χ0v) is 16.6. The number of benzene rings is 2. The van der Waals surface area contributed by atoms with E-state index in [1.807, 2.05) is 54.6 Å². The van der Waals surface area contributed by atoms with Crippen molar-refractivity contribution >= 4 is 21.6 Å². The van der Waals surface area contributed by atoms with Crippen LogP contribution in [0.3, 0.4) is 0 Å².